The number of carbonyl (C=O) groups is 1. The molecule has 0 saturated heterocycles. The Balaban J connectivity index is 3.58. The molecule has 0 radical (unpaired) electrons. The van der Waals surface area contributed by atoms with Gasteiger partial charge in [0.2, 0.25) is 5.91 Å². The molecule has 0 aromatic heterocycles. The van der Waals surface area contributed by atoms with E-state index in [2.05, 4.69) is 67.8 Å². The lowest BCUT2D eigenvalue weighted by Gasteiger charge is -2.27. The number of amides is 1. The maximum atomic E-state index is 12.7. The summed E-state index contributed by atoms with van der Waals surface area (Å²) < 4.78 is 0. The Morgan fingerprint density at radius 3 is 0.841 bits per heavy atom. The zero-order valence-electron chi connectivity index (χ0n) is 55.3. The van der Waals surface area contributed by atoms with Gasteiger partial charge in [0, 0.05) is 0 Å². The van der Waals surface area contributed by atoms with Crippen LogP contribution in [0.4, 0.5) is 0 Å². The van der Waals surface area contributed by atoms with Gasteiger partial charge < -0.3 is 25.7 Å². The van der Waals surface area contributed by atoms with Gasteiger partial charge in [-0.05, 0) is 83.5 Å². The third-order valence-corrected chi connectivity index (χ3v) is 17.5. The van der Waals surface area contributed by atoms with Crippen LogP contribution in [0.2, 0.25) is 0 Å². The van der Waals surface area contributed by atoms with Crippen molar-refractivity contribution >= 4 is 5.91 Å². The Morgan fingerprint density at radius 2 is 0.549 bits per heavy atom. The van der Waals surface area contributed by atoms with Crippen LogP contribution in [0.25, 0.3) is 0 Å². The summed E-state index contributed by atoms with van der Waals surface area (Å²) in [6.07, 6.45) is 92.6. The summed E-state index contributed by atoms with van der Waals surface area (Å²) in [6, 6.07) is -1.01. The minimum Gasteiger partial charge on any atom is -0.394 e. The van der Waals surface area contributed by atoms with Gasteiger partial charge in [0.15, 0.2) is 0 Å². The summed E-state index contributed by atoms with van der Waals surface area (Å²) in [7, 11) is 0. The molecule has 0 aliphatic heterocycles. The number of nitrogens with one attached hydrogen (secondary N) is 1. The second-order valence-electron chi connectivity index (χ2n) is 25.6. The van der Waals surface area contributed by atoms with E-state index in [1.54, 1.807) is 0 Å². The Morgan fingerprint density at radius 1 is 0.305 bits per heavy atom. The first-order chi connectivity index (χ1) is 40.5. The van der Waals surface area contributed by atoms with E-state index in [-0.39, 0.29) is 0 Å². The predicted molar refractivity (Wildman–Crippen MR) is 362 cm³/mol. The van der Waals surface area contributed by atoms with Gasteiger partial charge in [0.1, 0.15) is 12.2 Å². The fraction of sp³-hybridized carbons (Fsp3) is 0.882. The molecule has 6 heteroatoms. The number of hydrogen-bond acceptors (Lipinski definition) is 5. The van der Waals surface area contributed by atoms with Gasteiger partial charge in [-0.3, -0.25) is 4.79 Å². The van der Waals surface area contributed by atoms with Crippen LogP contribution in [0.5, 0.6) is 0 Å². The number of rotatable bonds is 69. The van der Waals surface area contributed by atoms with E-state index in [9.17, 15) is 25.2 Å². The standard InChI is InChI=1S/C76H145NO5/c1-3-5-7-9-11-13-15-17-19-21-23-25-27-29-31-33-35-37-38-40-42-44-46-48-50-52-54-56-58-60-62-64-66-68-70-74(80)76(82)77-72(71-78)75(81)73(79)69-67-65-63-61-59-57-55-53-51-49-47-45-43-41-39-36-34-32-30-28-26-24-22-20-18-16-14-12-10-8-6-4-2/h27,29,33,35,53,55,61,63,72-75,78-81H,3-26,28,30-32,34,36-52,54,56-60,62,64-71H2,1-2H3,(H,77,82)/b29-27-,35-33-,55-53+,63-61+. The van der Waals surface area contributed by atoms with E-state index in [4.69, 9.17) is 0 Å². The van der Waals surface area contributed by atoms with E-state index in [1.165, 1.54) is 321 Å². The average Bonchev–Trinajstić information content (AvgIpc) is 3.48. The van der Waals surface area contributed by atoms with Gasteiger partial charge in [-0.1, -0.05) is 364 Å². The monoisotopic (exact) mass is 1150 g/mol. The largest absolute Gasteiger partial charge is 0.394 e. The van der Waals surface area contributed by atoms with E-state index >= 15 is 0 Å². The molecule has 0 spiro atoms. The quantitative estimate of drug-likeness (QED) is 0.0308. The van der Waals surface area contributed by atoms with Crippen molar-refractivity contribution in [3.8, 4) is 0 Å². The van der Waals surface area contributed by atoms with Crippen molar-refractivity contribution in [2.75, 3.05) is 6.61 Å². The van der Waals surface area contributed by atoms with Gasteiger partial charge in [-0.2, -0.15) is 0 Å². The zero-order valence-corrected chi connectivity index (χ0v) is 55.3. The Bertz CT molecular complexity index is 1340. The van der Waals surface area contributed by atoms with E-state index < -0.39 is 36.9 Å². The minimum atomic E-state index is -1.29. The molecular weight excluding hydrogens is 1010 g/mol. The van der Waals surface area contributed by atoms with Crippen molar-refractivity contribution in [3.05, 3.63) is 48.6 Å². The minimum absolute atomic E-state index is 0.361. The summed E-state index contributed by atoms with van der Waals surface area (Å²) in [5, 5.41) is 44.2. The molecule has 0 aliphatic carbocycles. The maximum absolute atomic E-state index is 12.7. The molecule has 484 valence electrons. The number of unbranched alkanes of at least 4 members (excludes halogenated alkanes) is 52. The van der Waals surface area contributed by atoms with Crippen LogP contribution in [-0.4, -0.2) is 57.3 Å². The number of carbonyl (C=O) groups excluding carboxylic acids is 1. The lowest BCUT2D eigenvalue weighted by molar-refractivity contribution is -0.132. The summed E-state index contributed by atoms with van der Waals surface area (Å²) in [5.74, 6) is -0.592. The summed E-state index contributed by atoms with van der Waals surface area (Å²) in [4.78, 5) is 12.7. The van der Waals surface area contributed by atoms with Crippen LogP contribution in [0.1, 0.15) is 399 Å². The van der Waals surface area contributed by atoms with E-state index in [0.29, 0.717) is 19.3 Å². The number of aliphatic hydroxyl groups excluding tert-OH is 4. The second-order valence-corrected chi connectivity index (χ2v) is 25.6. The molecule has 1 amide bonds. The fourth-order valence-corrected chi connectivity index (χ4v) is 11.8. The van der Waals surface area contributed by atoms with Crippen LogP contribution >= 0.6 is 0 Å². The van der Waals surface area contributed by atoms with Crippen molar-refractivity contribution in [3.63, 3.8) is 0 Å². The lowest BCUT2D eigenvalue weighted by atomic mass is 10.00. The molecular formula is C76H145NO5. The molecule has 0 fully saturated rings. The van der Waals surface area contributed by atoms with Crippen LogP contribution in [0.3, 0.4) is 0 Å². The predicted octanol–water partition coefficient (Wildman–Crippen LogP) is 23.2. The third kappa shape index (κ3) is 62.8. The summed E-state index contributed by atoms with van der Waals surface area (Å²) in [6.45, 7) is 4.09. The highest BCUT2D eigenvalue weighted by Crippen LogP contribution is 2.19. The zero-order chi connectivity index (χ0) is 59.4. The molecule has 0 aromatic carbocycles. The molecule has 0 heterocycles. The van der Waals surface area contributed by atoms with Crippen LogP contribution in [0.15, 0.2) is 48.6 Å². The van der Waals surface area contributed by atoms with Crippen molar-refractivity contribution in [2.45, 2.75) is 423 Å². The molecule has 4 atom stereocenters. The van der Waals surface area contributed by atoms with Gasteiger partial charge in [0.25, 0.3) is 0 Å². The third-order valence-electron chi connectivity index (χ3n) is 17.5. The number of allylic oxidation sites excluding steroid dienone is 8. The highest BCUT2D eigenvalue weighted by molar-refractivity contribution is 5.80. The Kier molecular flexibility index (Phi) is 68.6. The van der Waals surface area contributed by atoms with Crippen LogP contribution < -0.4 is 5.32 Å². The molecule has 0 aliphatic rings. The summed E-state index contributed by atoms with van der Waals surface area (Å²) >= 11 is 0. The number of aliphatic hydroxyl groups is 4. The molecule has 0 bridgehead atoms. The normalized spacial score (nSPS) is 13.7. The Hall–Kier alpha value is -1.73. The van der Waals surface area contributed by atoms with Crippen LogP contribution in [0, 0.1) is 0 Å². The van der Waals surface area contributed by atoms with Crippen molar-refractivity contribution in [1.82, 2.24) is 5.32 Å². The first kappa shape index (κ1) is 80.3. The smallest absolute Gasteiger partial charge is 0.249 e. The molecule has 0 saturated carbocycles. The highest BCUT2D eigenvalue weighted by Gasteiger charge is 2.28. The fourth-order valence-electron chi connectivity index (χ4n) is 11.8. The first-order valence-corrected chi connectivity index (χ1v) is 37.0. The second kappa shape index (κ2) is 70.0. The number of hydrogen-bond donors (Lipinski definition) is 5. The van der Waals surface area contributed by atoms with Crippen molar-refractivity contribution in [2.24, 2.45) is 0 Å². The van der Waals surface area contributed by atoms with Crippen LogP contribution in [-0.2, 0) is 4.79 Å². The molecule has 5 N–H and O–H groups in total. The summed E-state index contributed by atoms with van der Waals surface area (Å²) in [5.41, 5.74) is 0. The van der Waals surface area contributed by atoms with Crippen molar-refractivity contribution in [1.29, 1.82) is 0 Å². The Labute approximate surface area is 512 Å². The van der Waals surface area contributed by atoms with E-state index in [1.807, 2.05) is 0 Å². The van der Waals surface area contributed by atoms with Gasteiger partial charge >= 0.3 is 0 Å². The molecule has 82 heavy (non-hydrogen) atoms. The molecule has 4 unspecified atom stereocenters. The molecule has 0 rings (SSSR count). The van der Waals surface area contributed by atoms with Gasteiger partial charge in [0.05, 0.1) is 18.8 Å². The van der Waals surface area contributed by atoms with Gasteiger partial charge in [-0.25, -0.2) is 0 Å². The van der Waals surface area contributed by atoms with Gasteiger partial charge in [-0.15, -0.1) is 0 Å². The highest BCUT2D eigenvalue weighted by atomic mass is 16.3. The topological polar surface area (TPSA) is 110 Å². The van der Waals surface area contributed by atoms with Crippen molar-refractivity contribution < 1.29 is 25.2 Å². The molecule has 6 nitrogen and oxygen atoms in total. The first-order valence-electron chi connectivity index (χ1n) is 37.0. The lowest BCUT2D eigenvalue weighted by Crippen LogP contribution is -2.53. The SMILES string of the molecule is CCCCCCCCCCCCC/C=C\C/C=C\CCCCCCCCCCCCCCCCCCC(O)C(=O)NC(CO)C(O)C(O)CCC/C=C/CC/C=C/CCCCCCCCCCCCCCCCCCCCCCCCC. The van der Waals surface area contributed by atoms with E-state index in [0.717, 1.165) is 44.9 Å². The maximum Gasteiger partial charge on any atom is 0.249 e. The average molecular weight is 1150 g/mol. The molecule has 0 aromatic rings.